The lowest BCUT2D eigenvalue weighted by Gasteiger charge is -2.34. The van der Waals surface area contributed by atoms with Crippen LogP contribution < -0.4 is 0 Å². The summed E-state index contributed by atoms with van der Waals surface area (Å²) in [5, 5.41) is 0.930. The second kappa shape index (κ2) is 8.50. The number of amidine groups is 2. The first-order valence-corrected chi connectivity index (χ1v) is 11.0. The molecule has 1 aromatic rings. The van der Waals surface area contributed by atoms with Crippen LogP contribution in [0, 0.1) is 0 Å². The molecule has 3 aliphatic heterocycles. The van der Waals surface area contributed by atoms with Crippen molar-refractivity contribution in [2.45, 2.75) is 38.6 Å². The highest BCUT2D eigenvalue weighted by Gasteiger charge is 2.53. The van der Waals surface area contributed by atoms with Crippen molar-refractivity contribution in [3.63, 3.8) is 0 Å². The first-order chi connectivity index (χ1) is 14.7. The number of ether oxygens (including phenoxy) is 1. The summed E-state index contributed by atoms with van der Waals surface area (Å²) in [6.45, 7) is 6.61. The molecule has 3 heterocycles. The summed E-state index contributed by atoms with van der Waals surface area (Å²) in [4.78, 5) is 35.2. The Morgan fingerprint density at radius 2 is 1.77 bits per heavy atom. The number of imide groups is 1. The maximum atomic E-state index is 13.1. The molecule has 3 atom stereocenters. The van der Waals surface area contributed by atoms with E-state index in [9.17, 15) is 9.59 Å². The highest BCUT2D eigenvalue weighted by molar-refractivity contribution is 6.42. The van der Waals surface area contributed by atoms with Crippen LogP contribution in [0.3, 0.4) is 0 Å². The molecule has 166 valence electrons. The van der Waals surface area contributed by atoms with Crippen molar-refractivity contribution in [1.29, 1.82) is 0 Å². The van der Waals surface area contributed by atoms with Gasteiger partial charge < -0.3 is 4.74 Å². The van der Waals surface area contributed by atoms with Gasteiger partial charge in [-0.3, -0.25) is 19.5 Å². The number of aliphatic imine (C=N–C) groups is 1. The van der Waals surface area contributed by atoms with Gasteiger partial charge in [0.15, 0.2) is 0 Å². The van der Waals surface area contributed by atoms with Gasteiger partial charge in [0.2, 0.25) is 0 Å². The molecule has 31 heavy (non-hydrogen) atoms. The lowest BCUT2D eigenvalue weighted by atomic mass is 10.1. The Bertz CT molecular complexity index is 985. The Morgan fingerprint density at radius 3 is 2.42 bits per heavy atom. The van der Waals surface area contributed by atoms with Gasteiger partial charge in [-0.05, 0) is 36.5 Å². The fraction of sp³-hybridized carbons (Fsp3) is 0.524. The molecule has 0 aliphatic carbocycles. The summed E-state index contributed by atoms with van der Waals surface area (Å²) in [6, 6.07) is 4.38. The van der Waals surface area contributed by atoms with E-state index in [1.165, 1.54) is 11.9 Å². The maximum Gasteiger partial charge on any atom is 0.333 e. The van der Waals surface area contributed by atoms with Crippen molar-refractivity contribution in [3.05, 3.63) is 33.8 Å². The van der Waals surface area contributed by atoms with Gasteiger partial charge in [0.1, 0.15) is 13.1 Å². The van der Waals surface area contributed by atoms with Crippen LogP contribution in [-0.2, 0) is 16.1 Å². The van der Waals surface area contributed by atoms with Crippen LogP contribution >= 0.6 is 23.2 Å². The molecule has 1 aromatic carbocycles. The third-order valence-corrected chi connectivity index (χ3v) is 6.55. The summed E-state index contributed by atoms with van der Waals surface area (Å²) in [7, 11) is 3.15. The fourth-order valence-electron chi connectivity index (χ4n) is 4.41. The summed E-state index contributed by atoms with van der Waals surface area (Å²) in [5.41, 5.74) is 0.905. The molecule has 2 fully saturated rings. The predicted octanol–water partition coefficient (Wildman–Crippen LogP) is 2.32. The van der Waals surface area contributed by atoms with Crippen LogP contribution in [0.15, 0.2) is 23.2 Å². The highest BCUT2D eigenvalue weighted by Crippen LogP contribution is 2.25. The topological polar surface area (TPSA) is 68.5 Å². The number of urea groups is 1. The smallest absolute Gasteiger partial charge is 0.333 e. The van der Waals surface area contributed by atoms with E-state index in [-0.39, 0.29) is 24.1 Å². The number of nitrogens with zero attached hydrogens (tertiary/aromatic N) is 5. The number of fused-ring (bicyclic) bond motifs is 1. The average molecular weight is 467 g/mol. The minimum atomic E-state index is -0.659. The summed E-state index contributed by atoms with van der Waals surface area (Å²) in [5.74, 6) is 0.911. The average Bonchev–Trinajstić information content (AvgIpc) is 3.05. The number of rotatable bonds is 4. The summed E-state index contributed by atoms with van der Waals surface area (Å²) < 4.78 is 7.80. The summed E-state index contributed by atoms with van der Waals surface area (Å²) >= 11 is 12.3. The molecule has 0 bridgehead atoms. The second-order valence-electron chi connectivity index (χ2n) is 8.36. The number of benzene rings is 1. The maximum absolute atomic E-state index is 13.1. The number of hydrogen-bond donors (Lipinski definition) is 0. The van der Waals surface area contributed by atoms with Crippen LogP contribution in [0.25, 0.3) is 0 Å². The molecule has 3 aliphatic rings. The highest BCUT2D eigenvalue weighted by atomic mass is 35.5. The van der Waals surface area contributed by atoms with Crippen molar-refractivity contribution < 1.29 is 18.9 Å². The van der Waals surface area contributed by atoms with E-state index in [1.807, 2.05) is 24.5 Å². The molecule has 4 rings (SSSR count). The number of morpholine rings is 1. The molecular weight excluding hydrogens is 441 g/mol. The van der Waals surface area contributed by atoms with Gasteiger partial charge in [0, 0.05) is 27.2 Å². The van der Waals surface area contributed by atoms with Crippen molar-refractivity contribution in [2.75, 3.05) is 33.7 Å². The number of carbonyl (C=O) groups is 2. The monoisotopic (exact) mass is 466 g/mol. The van der Waals surface area contributed by atoms with Gasteiger partial charge in [-0.2, -0.15) is 0 Å². The molecule has 10 heteroatoms. The number of amides is 3. The fourth-order valence-corrected chi connectivity index (χ4v) is 4.73. The molecule has 3 amide bonds. The predicted molar refractivity (Wildman–Crippen MR) is 119 cm³/mol. The largest absolute Gasteiger partial charge is 0.373 e. The van der Waals surface area contributed by atoms with Crippen molar-refractivity contribution >= 4 is 46.8 Å². The van der Waals surface area contributed by atoms with Crippen LogP contribution in [0.2, 0.25) is 10.0 Å². The molecule has 0 aromatic heterocycles. The Labute approximate surface area is 191 Å². The minimum Gasteiger partial charge on any atom is -0.373 e. The zero-order valence-corrected chi connectivity index (χ0v) is 19.5. The summed E-state index contributed by atoms with van der Waals surface area (Å²) in [6.07, 6.45) is 0.224. The SMILES string of the molecule is CC1CN(CC2=[N+](Cc3ccc(Cl)c(Cl)c3)C3C(=O)N(C)C(=O)N(C)C3=N2)CC(C)O1. The Morgan fingerprint density at radius 1 is 1.10 bits per heavy atom. The van der Waals surface area contributed by atoms with E-state index in [1.54, 1.807) is 19.2 Å². The van der Waals surface area contributed by atoms with Crippen molar-refractivity contribution in [1.82, 2.24) is 14.7 Å². The van der Waals surface area contributed by atoms with Gasteiger partial charge in [0.05, 0.1) is 22.3 Å². The Kier molecular flexibility index (Phi) is 6.09. The van der Waals surface area contributed by atoms with Gasteiger partial charge >= 0.3 is 11.9 Å². The van der Waals surface area contributed by atoms with Crippen molar-refractivity contribution in [3.8, 4) is 0 Å². The zero-order valence-electron chi connectivity index (χ0n) is 18.0. The number of carbonyl (C=O) groups excluding carboxylic acids is 2. The molecule has 2 saturated heterocycles. The van der Waals surface area contributed by atoms with Gasteiger partial charge in [-0.25, -0.2) is 9.37 Å². The number of halogens is 2. The lowest BCUT2D eigenvalue weighted by molar-refractivity contribution is -0.552. The number of likely N-dealkylation sites (N-methyl/N-ethyl adjacent to an activating group) is 2. The lowest BCUT2D eigenvalue weighted by Crippen LogP contribution is -2.61. The van der Waals surface area contributed by atoms with E-state index in [0.717, 1.165) is 29.4 Å². The quantitative estimate of drug-likeness (QED) is 0.638. The standard InChI is InChI=1S/C21H26Cl2N5O3/c1-12-8-27(9-13(2)31-12)11-17-24-19-18(20(29)26(4)21(30)25(19)3)28(17)10-14-5-6-15(22)16(23)7-14/h5-7,12-13,18H,8-11H2,1-4H3/q+1. The normalized spacial score (nSPS) is 27.2. The molecule has 0 radical (unpaired) electrons. The van der Waals surface area contributed by atoms with Crippen LogP contribution in [0.5, 0.6) is 0 Å². The zero-order chi connectivity index (χ0) is 22.4. The third kappa shape index (κ3) is 4.22. The molecule has 0 N–H and O–H groups in total. The van der Waals surface area contributed by atoms with E-state index in [2.05, 4.69) is 4.90 Å². The first kappa shape index (κ1) is 22.2. The first-order valence-electron chi connectivity index (χ1n) is 10.2. The minimum absolute atomic E-state index is 0.112. The molecule has 8 nitrogen and oxygen atoms in total. The van der Waals surface area contributed by atoms with Gasteiger partial charge in [-0.1, -0.05) is 29.3 Å². The second-order valence-corrected chi connectivity index (χ2v) is 9.17. The molecule has 3 unspecified atom stereocenters. The van der Waals surface area contributed by atoms with Crippen LogP contribution in [-0.4, -0.2) is 94.9 Å². The van der Waals surface area contributed by atoms with E-state index in [0.29, 0.717) is 29.0 Å². The van der Waals surface area contributed by atoms with E-state index >= 15 is 0 Å². The van der Waals surface area contributed by atoms with E-state index in [4.69, 9.17) is 32.9 Å². The van der Waals surface area contributed by atoms with Gasteiger partial charge in [0.25, 0.3) is 17.8 Å². The van der Waals surface area contributed by atoms with Crippen LogP contribution in [0.1, 0.15) is 19.4 Å². The third-order valence-electron chi connectivity index (χ3n) is 5.81. The van der Waals surface area contributed by atoms with Crippen molar-refractivity contribution in [2.24, 2.45) is 4.99 Å². The molecule has 0 spiro atoms. The van der Waals surface area contributed by atoms with E-state index < -0.39 is 6.04 Å². The number of hydrogen-bond acceptors (Lipinski definition) is 5. The Hall–Kier alpha value is -2.00. The molecule has 0 saturated carbocycles. The molecular formula is C21H26Cl2N5O3+. The van der Waals surface area contributed by atoms with Crippen LogP contribution in [0.4, 0.5) is 4.79 Å². The Balaban J connectivity index is 1.71. The van der Waals surface area contributed by atoms with Gasteiger partial charge in [-0.15, -0.1) is 0 Å².